The van der Waals surface area contributed by atoms with Crippen molar-refractivity contribution in [3.05, 3.63) is 23.8 Å². The Morgan fingerprint density at radius 3 is 2.48 bits per heavy atom. The number of nitrogens with zero attached hydrogens (tertiary/aromatic N) is 1. The molecular weight excluding hydrogens is 344 g/mol. The average molecular weight is 372 g/mol. The number of anilines is 1. The van der Waals surface area contributed by atoms with Crippen molar-refractivity contribution in [2.45, 2.75) is 53.1 Å². The van der Waals surface area contributed by atoms with Gasteiger partial charge in [0, 0.05) is 30.0 Å². The van der Waals surface area contributed by atoms with E-state index in [2.05, 4.69) is 5.32 Å². The largest absolute Gasteiger partial charge is 0.478 e. The number of benzene rings is 1. The molecule has 1 unspecified atom stereocenters. The van der Waals surface area contributed by atoms with Gasteiger partial charge in [-0.1, -0.05) is 27.7 Å². The third-order valence-corrected chi connectivity index (χ3v) is 5.25. The highest BCUT2D eigenvalue weighted by atomic mass is 16.5. The first-order valence-electron chi connectivity index (χ1n) is 9.66. The highest BCUT2D eigenvalue weighted by molar-refractivity contribution is 6.02. The van der Waals surface area contributed by atoms with Gasteiger partial charge in [0.1, 0.15) is 5.75 Å². The quantitative estimate of drug-likeness (QED) is 0.827. The number of nitrogens with one attached hydrogen (secondary N) is 1. The number of fused-ring (bicyclic) bond motifs is 1. The van der Waals surface area contributed by atoms with E-state index in [0.717, 1.165) is 0 Å². The molecule has 0 aromatic heterocycles. The number of ether oxygens (including phenoxy) is 1. The summed E-state index contributed by atoms with van der Waals surface area (Å²) in [5.41, 5.74) is 0.730. The normalized spacial score (nSPS) is 20.5. The zero-order valence-electron chi connectivity index (χ0n) is 16.5. The number of hydrogen-bond acceptors (Lipinski definition) is 4. The van der Waals surface area contributed by atoms with Crippen molar-refractivity contribution >= 4 is 23.3 Å². The first-order chi connectivity index (χ1) is 12.7. The molecule has 6 nitrogen and oxygen atoms in total. The van der Waals surface area contributed by atoms with Crippen LogP contribution in [0.25, 0.3) is 0 Å². The SMILES string of the molecule is CCC1Oc2ccc(C(=O)C3CCN(C(=O)C(C)(C)C)CC3)cc2NC1=O. The van der Waals surface area contributed by atoms with Gasteiger partial charge in [-0.2, -0.15) is 0 Å². The predicted octanol–water partition coefficient (Wildman–Crippen LogP) is 3.26. The minimum Gasteiger partial charge on any atom is -0.478 e. The number of rotatable bonds is 3. The molecule has 3 rings (SSSR count). The lowest BCUT2D eigenvalue weighted by Gasteiger charge is -2.35. The van der Waals surface area contributed by atoms with Crippen LogP contribution >= 0.6 is 0 Å². The predicted molar refractivity (Wildman–Crippen MR) is 103 cm³/mol. The van der Waals surface area contributed by atoms with E-state index in [9.17, 15) is 14.4 Å². The standard InChI is InChI=1S/C21H28N2O4/c1-5-16-19(25)22-15-12-14(6-7-17(15)27-16)18(24)13-8-10-23(11-9-13)20(26)21(2,3)4/h6-7,12-13,16H,5,8-11H2,1-4H3,(H,22,25). The van der Waals surface area contributed by atoms with E-state index in [4.69, 9.17) is 4.74 Å². The van der Waals surface area contributed by atoms with Crippen LogP contribution in [0.1, 0.15) is 57.3 Å². The molecule has 1 N–H and O–H groups in total. The molecule has 0 spiro atoms. The molecule has 0 radical (unpaired) electrons. The van der Waals surface area contributed by atoms with E-state index in [1.807, 2.05) is 32.6 Å². The van der Waals surface area contributed by atoms with E-state index >= 15 is 0 Å². The Morgan fingerprint density at radius 2 is 1.89 bits per heavy atom. The Bertz CT molecular complexity index is 758. The summed E-state index contributed by atoms with van der Waals surface area (Å²) in [7, 11) is 0. The maximum atomic E-state index is 12.9. The van der Waals surface area contributed by atoms with Gasteiger partial charge in [0.25, 0.3) is 5.91 Å². The summed E-state index contributed by atoms with van der Waals surface area (Å²) in [4.78, 5) is 39.1. The summed E-state index contributed by atoms with van der Waals surface area (Å²) >= 11 is 0. The summed E-state index contributed by atoms with van der Waals surface area (Å²) in [6.45, 7) is 8.85. The smallest absolute Gasteiger partial charge is 0.265 e. The van der Waals surface area contributed by atoms with Gasteiger partial charge >= 0.3 is 0 Å². The number of carbonyl (C=O) groups is 3. The molecule has 1 saturated heterocycles. The molecule has 1 fully saturated rings. The fourth-order valence-corrected chi connectivity index (χ4v) is 3.63. The van der Waals surface area contributed by atoms with E-state index < -0.39 is 11.5 Å². The van der Waals surface area contributed by atoms with Crippen molar-refractivity contribution in [2.24, 2.45) is 11.3 Å². The summed E-state index contributed by atoms with van der Waals surface area (Å²) in [6.07, 6.45) is 1.44. The van der Waals surface area contributed by atoms with Gasteiger partial charge in [0.2, 0.25) is 5.91 Å². The fourth-order valence-electron chi connectivity index (χ4n) is 3.63. The molecule has 1 aromatic carbocycles. The van der Waals surface area contributed by atoms with Crippen molar-refractivity contribution in [3.63, 3.8) is 0 Å². The van der Waals surface area contributed by atoms with Crippen molar-refractivity contribution in [1.82, 2.24) is 4.90 Å². The molecule has 0 bridgehead atoms. The molecule has 6 heteroatoms. The van der Waals surface area contributed by atoms with Gasteiger partial charge in [0.05, 0.1) is 5.69 Å². The molecular formula is C21H28N2O4. The molecule has 2 aliphatic rings. The van der Waals surface area contributed by atoms with E-state index in [-0.39, 0.29) is 23.5 Å². The van der Waals surface area contributed by atoms with Crippen LogP contribution in [0.15, 0.2) is 18.2 Å². The monoisotopic (exact) mass is 372 g/mol. The third kappa shape index (κ3) is 3.99. The van der Waals surface area contributed by atoms with Crippen LogP contribution in [0.3, 0.4) is 0 Å². The lowest BCUT2D eigenvalue weighted by atomic mass is 9.87. The number of piperidine rings is 1. The average Bonchev–Trinajstić information content (AvgIpc) is 2.65. The second kappa shape index (κ2) is 7.33. The van der Waals surface area contributed by atoms with Crippen molar-refractivity contribution in [1.29, 1.82) is 0 Å². The minimum atomic E-state index is -0.483. The molecule has 2 amide bonds. The first-order valence-corrected chi connectivity index (χ1v) is 9.66. The molecule has 0 saturated carbocycles. The molecule has 2 aliphatic heterocycles. The Morgan fingerprint density at radius 1 is 1.22 bits per heavy atom. The van der Waals surface area contributed by atoms with Crippen LogP contribution in [-0.4, -0.2) is 41.7 Å². The number of Topliss-reactive ketones (excluding diaryl/α,β-unsaturated/α-hetero) is 1. The zero-order chi connectivity index (χ0) is 19.8. The number of ketones is 1. The lowest BCUT2D eigenvalue weighted by molar-refractivity contribution is -0.140. The Hall–Kier alpha value is -2.37. The van der Waals surface area contributed by atoms with Crippen molar-refractivity contribution in [2.75, 3.05) is 18.4 Å². The van der Waals surface area contributed by atoms with Gasteiger partial charge in [-0.25, -0.2) is 0 Å². The maximum absolute atomic E-state index is 12.9. The Kier molecular flexibility index (Phi) is 5.27. The summed E-state index contributed by atoms with van der Waals surface area (Å²) in [5, 5.41) is 2.83. The molecule has 27 heavy (non-hydrogen) atoms. The number of likely N-dealkylation sites (tertiary alicyclic amines) is 1. The van der Waals surface area contributed by atoms with Crippen LogP contribution in [0.2, 0.25) is 0 Å². The van der Waals surface area contributed by atoms with Crippen molar-refractivity contribution in [3.8, 4) is 5.75 Å². The van der Waals surface area contributed by atoms with Gasteiger partial charge in [-0.3, -0.25) is 14.4 Å². The molecule has 1 atom stereocenters. The lowest BCUT2D eigenvalue weighted by Crippen LogP contribution is -2.45. The maximum Gasteiger partial charge on any atom is 0.265 e. The topological polar surface area (TPSA) is 75.7 Å². The van der Waals surface area contributed by atoms with Crippen LogP contribution in [0, 0.1) is 11.3 Å². The van der Waals surface area contributed by atoms with E-state index in [0.29, 0.717) is 49.4 Å². The highest BCUT2D eigenvalue weighted by Gasteiger charge is 2.33. The van der Waals surface area contributed by atoms with Gasteiger partial charge < -0.3 is 15.0 Å². The van der Waals surface area contributed by atoms with Gasteiger partial charge in [0.15, 0.2) is 11.9 Å². The first kappa shape index (κ1) is 19.4. The van der Waals surface area contributed by atoms with Crippen LogP contribution < -0.4 is 10.1 Å². The molecule has 146 valence electrons. The summed E-state index contributed by atoms with van der Waals surface area (Å²) < 4.78 is 5.68. The van der Waals surface area contributed by atoms with Crippen LogP contribution in [-0.2, 0) is 9.59 Å². The zero-order valence-corrected chi connectivity index (χ0v) is 16.5. The summed E-state index contributed by atoms with van der Waals surface area (Å²) in [5.74, 6) is 0.517. The Labute approximate surface area is 160 Å². The third-order valence-electron chi connectivity index (χ3n) is 5.25. The van der Waals surface area contributed by atoms with Crippen molar-refractivity contribution < 1.29 is 19.1 Å². The number of carbonyl (C=O) groups excluding carboxylic acids is 3. The molecule has 1 aromatic rings. The highest BCUT2D eigenvalue weighted by Crippen LogP contribution is 2.33. The van der Waals surface area contributed by atoms with Gasteiger partial charge in [-0.05, 0) is 37.5 Å². The van der Waals surface area contributed by atoms with Crippen LogP contribution in [0.4, 0.5) is 5.69 Å². The minimum absolute atomic E-state index is 0.0625. The fraction of sp³-hybridized carbons (Fsp3) is 0.571. The van der Waals surface area contributed by atoms with Crippen LogP contribution in [0.5, 0.6) is 5.75 Å². The Balaban J connectivity index is 1.67. The second-order valence-electron chi connectivity index (χ2n) is 8.40. The van der Waals surface area contributed by atoms with E-state index in [1.165, 1.54) is 0 Å². The number of hydrogen-bond donors (Lipinski definition) is 1. The van der Waals surface area contributed by atoms with E-state index in [1.54, 1.807) is 18.2 Å². The molecule has 2 heterocycles. The van der Waals surface area contributed by atoms with Gasteiger partial charge in [-0.15, -0.1) is 0 Å². The number of amides is 2. The molecule has 0 aliphatic carbocycles. The second-order valence-corrected chi connectivity index (χ2v) is 8.40. The summed E-state index contributed by atoms with van der Waals surface area (Å²) in [6, 6.07) is 5.22.